The van der Waals surface area contributed by atoms with Crippen LogP contribution in [0.25, 0.3) is 0 Å². The van der Waals surface area contributed by atoms with Crippen molar-refractivity contribution in [3.63, 3.8) is 0 Å². The number of ether oxygens (including phenoxy) is 1. The molecule has 0 spiro atoms. The molecule has 0 saturated heterocycles. The topological polar surface area (TPSA) is 111 Å². The first-order valence-corrected chi connectivity index (χ1v) is 12.1. The average molecular weight is 472 g/mol. The van der Waals surface area contributed by atoms with E-state index in [1.54, 1.807) is 20.8 Å². The Kier molecular flexibility index (Phi) is 7.12. The zero-order valence-corrected chi connectivity index (χ0v) is 20.4. The molecule has 1 unspecified atom stereocenters. The molecule has 1 heterocycles. The number of benzene rings is 2. The highest BCUT2D eigenvalue weighted by molar-refractivity contribution is 7.92. The summed E-state index contributed by atoms with van der Waals surface area (Å²) in [7, 11) is -3.86. The number of carbonyl (C=O) groups excluding carboxylic acids is 1. The van der Waals surface area contributed by atoms with Crippen LogP contribution in [-0.4, -0.2) is 25.6 Å². The fourth-order valence-corrected chi connectivity index (χ4v) is 4.33. The maximum absolute atomic E-state index is 12.6. The number of aromatic nitrogens is 1. The lowest BCUT2D eigenvalue weighted by atomic mass is 9.98. The van der Waals surface area contributed by atoms with E-state index in [2.05, 4.69) is 29.0 Å². The smallest absolute Gasteiger partial charge is 0.265 e. The van der Waals surface area contributed by atoms with Crippen LogP contribution in [0.3, 0.4) is 0 Å². The third-order valence-corrected chi connectivity index (χ3v) is 6.71. The summed E-state index contributed by atoms with van der Waals surface area (Å²) in [4.78, 5) is 12.6. The van der Waals surface area contributed by atoms with Gasteiger partial charge in [0.25, 0.3) is 15.9 Å². The number of aryl methyl sites for hydroxylation is 2. The second-order valence-electron chi connectivity index (χ2n) is 8.27. The Morgan fingerprint density at radius 1 is 1.03 bits per heavy atom. The molecule has 2 aromatic carbocycles. The van der Waals surface area contributed by atoms with Gasteiger partial charge in [0.2, 0.25) is 5.88 Å². The summed E-state index contributed by atoms with van der Waals surface area (Å²) in [5.74, 6) is 0.755. The fourth-order valence-electron chi connectivity index (χ4n) is 3.28. The van der Waals surface area contributed by atoms with E-state index < -0.39 is 16.1 Å². The number of nitrogens with zero attached hydrogens (tertiary/aromatic N) is 1. The molecule has 0 aliphatic rings. The Morgan fingerprint density at radius 3 is 2.24 bits per heavy atom. The lowest BCUT2D eigenvalue weighted by Crippen LogP contribution is -2.30. The molecule has 0 radical (unpaired) electrons. The third-order valence-electron chi connectivity index (χ3n) is 5.36. The number of rotatable bonds is 8. The molecule has 33 heavy (non-hydrogen) atoms. The number of sulfonamides is 1. The van der Waals surface area contributed by atoms with Crippen molar-refractivity contribution in [3.05, 3.63) is 64.8 Å². The fraction of sp³-hybridized carbons (Fsp3) is 0.333. The van der Waals surface area contributed by atoms with Crippen molar-refractivity contribution in [2.24, 2.45) is 0 Å². The maximum atomic E-state index is 12.6. The lowest BCUT2D eigenvalue weighted by Gasteiger charge is -2.17. The van der Waals surface area contributed by atoms with Gasteiger partial charge in [0, 0.05) is 11.3 Å². The molecule has 1 atom stereocenters. The lowest BCUT2D eigenvalue weighted by molar-refractivity contribution is -0.122. The van der Waals surface area contributed by atoms with Crippen molar-refractivity contribution in [2.75, 3.05) is 10.0 Å². The van der Waals surface area contributed by atoms with Gasteiger partial charge in [-0.2, -0.15) is 0 Å². The van der Waals surface area contributed by atoms with Crippen molar-refractivity contribution in [3.8, 4) is 5.75 Å². The second kappa shape index (κ2) is 9.66. The predicted molar refractivity (Wildman–Crippen MR) is 127 cm³/mol. The SMILES string of the molecule is Cc1cc(OC(C)C(=O)Nc2ccc(S(=O)(=O)Nc3onc(C)c3C)cc2)ccc1C(C)C. The second-order valence-corrected chi connectivity index (χ2v) is 9.96. The van der Waals surface area contributed by atoms with Gasteiger partial charge in [0.15, 0.2) is 6.10 Å². The van der Waals surface area contributed by atoms with Crippen LogP contribution in [0.5, 0.6) is 5.75 Å². The summed E-state index contributed by atoms with van der Waals surface area (Å²) in [5.41, 5.74) is 4.01. The molecule has 0 saturated carbocycles. The normalized spacial score (nSPS) is 12.5. The highest BCUT2D eigenvalue weighted by atomic mass is 32.2. The van der Waals surface area contributed by atoms with Crippen molar-refractivity contribution in [1.29, 1.82) is 0 Å². The molecule has 9 heteroatoms. The third kappa shape index (κ3) is 5.73. The number of hydrogen-bond donors (Lipinski definition) is 2. The average Bonchev–Trinajstić information content (AvgIpc) is 3.05. The Hall–Kier alpha value is -3.33. The van der Waals surface area contributed by atoms with Crippen LogP contribution in [0, 0.1) is 20.8 Å². The molecule has 8 nitrogen and oxygen atoms in total. The summed E-state index contributed by atoms with van der Waals surface area (Å²) < 4.78 is 38.4. The van der Waals surface area contributed by atoms with Crippen molar-refractivity contribution in [1.82, 2.24) is 5.16 Å². The number of anilines is 2. The summed E-state index contributed by atoms with van der Waals surface area (Å²) in [5, 5.41) is 6.48. The highest BCUT2D eigenvalue weighted by Crippen LogP contribution is 2.25. The minimum Gasteiger partial charge on any atom is -0.481 e. The Morgan fingerprint density at radius 2 is 1.70 bits per heavy atom. The Labute approximate surface area is 194 Å². The molecular weight excluding hydrogens is 442 g/mol. The van der Waals surface area contributed by atoms with Crippen molar-refractivity contribution in [2.45, 2.75) is 58.5 Å². The summed E-state index contributed by atoms with van der Waals surface area (Å²) >= 11 is 0. The van der Waals surface area contributed by atoms with Crippen LogP contribution < -0.4 is 14.8 Å². The van der Waals surface area contributed by atoms with Crippen LogP contribution in [-0.2, 0) is 14.8 Å². The summed E-state index contributed by atoms with van der Waals surface area (Å²) in [6, 6.07) is 11.6. The first-order valence-electron chi connectivity index (χ1n) is 10.6. The van der Waals surface area contributed by atoms with Crippen molar-refractivity contribution < 1.29 is 22.5 Å². The molecule has 0 fully saturated rings. The molecule has 3 aromatic rings. The van der Waals surface area contributed by atoms with Crippen LogP contribution in [0.15, 0.2) is 51.9 Å². The largest absolute Gasteiger partial charge is 0.481 e. The van der Waals surface area contributed by atoms with Gasteiger partial charge >= 0.3 is 0 Å². The zero-order valence-electron chi connectivity index (χ0n) is 19.6. The van der Waals surface area contributed by atoms with Crippen LogP contribution in [0.2, 0.25) is 0 Å². The molecule has 0 aliphatic heterocycles. The zero-order chi connectivity index (χ0) is 24.3. The van der Waals surface area contributed by atoms with E-state index in [0.717, 1.165) is 5.56 Å². The van der Waals surface area contributed by atoms with E-state index in [9.17, 15) is 13.2 Å². The Balaban J connectivity index is 1.63. The van der Waals surface area contributed by atoms with Gasteiger partial charge < -0.3 is 14.6 Å². The van der Waals surface area contributed by atoms with Gasteiger partial charge in [-0.3, -0.25) is 4.79 Å². The van der Waals surface area contributed by atoms with Gasteiger partial charge in [-0.1, -0.05) is 25.1 Å². The van der Waals surface area contributed by atoms with E-state index >= 15 is 0 Å². The quantitative estimate of drug-likeness (QED) is 0.482. The minimum absolute atomic E-state index is 0.0268. The minimum atomic E-state index is -3.86. The van der Waals surface area contributed by atoms with Crippen LogP contribution in [0.1, 0.15) is 49.1 Å². The first kappa shape index (κ1) is 24.3. The number of hydrogen-bond acceptors (Lipinski definition) is 6. The predicted octanol–water partition coefficient (Wildman–Crippen LogP) is 4.93. The van der Waals surface area contributed by atoms with Gasteiger partial charge in [-0.15, -0.1) is 0 Å². The standard InChI is InChI=1S/C24H29N3O5S/c1-14(2)22-12-9-20(13-15(22)3)31-18(6)23(28)25-19-7-10-21(11-8-19)33(29,30)27-24-16(4)17(5)26-32-24/h7-14,18,27H,1-6H3,(H,25,28). The van der Waals surface area contributed by atoms with Gasteiger partial charge in [-0.25, -0.2) is 13.1 Å². The number of amides is 1. The molecule has 1 aromatic heterocycles. The molecule has 1 amide bonds. The molecule has 2 N–H and O–H groups in total. The van der Waals surface area contributed by atoms with E-state index in [4.69, 9.17) is 9.26 Å². The van der Waals surface area contributed by atoms with E-state index in [1.807, 2.05) is 25.1 Å². The molecule has 176 valence electrons. The summed E-state index contributed by atoms with van der Waals surface area (Å²) in [6.07, 6.45) is -0.739. The van der Waals surface area contributed by atoms with E-state index in [0.29, 0.717) is 28.6 Å². The molecule has 0 bridgehead atoms. The van der Waals surface area contributed by atoms with Crippen LogP contribution >= 0.6 is 0 Å². The number of nitrogens with one attached hydrogen (secondary N) is 2. The molecule has 0 aliphatic carbocycles. The van der Waals surface area contributed by atoms with Crippen molar-refractivity contribution >= 4 is 27.5 Å². The highest BCUT2D eigenvalue weighted by Gasteiger charge is 2.20. The van der Waals surface area contributed by atoms with E-state index in [1.165, 1.54) is 29.8 Å². The molecule has 3 rings (SSSR count). The van der Waals surface area contributed by atoms with E-state index in [-0.39, 0.29) is 16.7 Å². The first-order chi connectivity index (χ1) is 15.5. The van der Waals surface area contributed by atoms with Gasteiger partial charge in [0.05, 0.1) is 10.6 Å². The number of carbonyl (C=O) groups is 1. The Bertz CT molecular complexity index is 1250. The van der Waals surface area contributed by atoms with Crippen LogP contribution in [0.4, 0.5) is 11.6 Å². The molecular formula is C24H29N3O5S. The van der Waals surface area contributed by atoms with Gasteiger partial charge in [-0.05, 0) is 81.1 Å². The maximum Gasteiger partial charge on any atom is 0.265 e. The monoisotopic (exact) mass is 471 g/mol. The summed E-state index contributed by atoms with van der Waals surface area (Å²) in [6.45, 7) is 11.4. The van der Waals surface area contributed by atoms with Gasteiger partial charge in [0.1, 0.15) is 5.75 Å².